The minimum absolute atomic E-state index is 0.326. The van der Waals surface area contributed by atoms with E-state index in [9.17, 15) is 15.0 Å². The molecule has 1 aliphatic rings. The lowest BCUT2D eigenvalue weighted by molar-refractivity contribution is -0.150. The van der Waals surface area contributed by atoms with E-state index in [-0.39, 0.29) is 0 Å². The second-order valence-electron chi connectivity index (χ2n) is 4.92. The van der Waals surface area contributed by atoms with E-state index in [1.54, 1.807) is 0 Å². The molecule has 0 amide bonds. The van der Waals surface area contributed by atoms with Gasteiger partial charge in [0.2, 0.25) is 0 Å². The molecule has 2 rings (SSSR count). The molecule has 1 aliphatic carbocycles. The van der Waals surface area contributed by atoms with Crippen molar-refractivity contribution in [3.8, 4) is 0 Å². The van der Waals surface area contributed by atoms with Gasteiger partial charge in [-0.3, -0.25) is 4.79 Å². The first-order chi connectivity index (χ1) is 8.14. The molecule has 2 N–H and O–H groups in total. The van der Waals surface area contributed by atoms with Crippen LogP contribution in [0.4, 0.5) is 0 Å². The summed E-state index contributed by atoms with van der Waals surface area (Å²) in [5, 5.41) is 19.5. The molecule has 0 spiro atoms. The first-order valence-corrected chi connectivity index (χ1v) is 6.10. The highest BCUT2D eigenvalue weighted by molar-refractivity contribution is 5.75. The number of aliphatic hydroxyl groups is 1. The van der Waals surface area contributed by atoms with Gasteiger partial charge in [0.25, 0.3) is 0 Å². The van der Waals surface area contributed by atoms with Gasteiger partial charge in [-0.25, -0.2) is 0 Å². The third-order valence-electron chi connectivity index (χ3n) is 3.78. The van der Waals surface area contributed by atoms with E-state index in [1.807, 2.05) is 30.3 Å². The smallest absolute Gasteiger partial charge is 0.309 e. The quantitative estimate of drug-likeness (QED) is 0.842. The normalized spacial score (nSPS) is 20.1. The molecule has 1 aromatic rings. The van der Waals surface area contributed by atoms with Crippen LogP contribution in [0.5, 0.6) is 0 Å². The largest absolute Gasteiger partial charge is 0.481 e. The van der Waals surface area contributed by atoms with Crippen molar-refractivity contribution in [3.63, 3.8) is 0 Å². The van der Waals surface area contributed by atoms with Crippen LogP contribution in [-0.2, 0) is 4.79 Å². The van der Waals surface area contributed by atoms with Crippen LogP contribution in [0.3, 0.4) is 0 Å². The number of carboxylic acid groups (broad SMARTS) is 1. The number of benzene rings is 1. The highest BCUT2D eigenvalue weighted by atomic mass is 16.4. The number of hydrogen-bond donors (Lipinski definition) is 2. The molecule has 1 unspecified atom stereocenters. The first kappa shape index (κ1) is 12.1. The molecule has 0 heterocycles. The maximum absolute atomic E-state index is 11.4. The van der Waals surface area contributed by atoms with E-state index < -0.39 is 17.5 Å². The Kier molecular flexibility index (Phi) is 3.48. The summed E-state index contributed by atoms with van der Waals surface area (Å²) in [7, 11) is 0. The molecule has 0 radical (unpaired) electrons. The van der Waals surface area contributed by atoms with Crippen LogP contribution in [0.1, 0.15) is 43.8 Å². The fourth-order valence-corrected chi connectivity index (χ4v) is 2.72. The summed E-state index contributed by atoms with van der Waals surface area (Å²) in [4.78, 5) is 11.4. The van der Waals surface area contributed by atoms with Crippen LogP contribution in [0.15, 0.2) is 30.3 Å². The Morgan fingerprint density at radius 1 is 1.24 bits per heavy atom. The van der Waals surface area contributed by atoms with Crippen LogP contribution in [0.25, 0.3) is 0 Å². The van der Waals surface area contributed by atoms with Crippen molar-refractivity contribution in [2.75, 3.05) is 0 Å². The third-order valence-corrected chi connectivity index (χ3v) is 3.78. The number of rotatable bonds is 4. The molecule has 3 nitrogen and oxygen atoms in total. The second-order valence-corrected chi connectivity index (χ2v) is 4.92. The Labute approximate surface area is 101 Å². The fraction of sp³-hybridized carbons (Fsp3) is 0.500. The summed E-state index contributed by atoms with van der Waals surface area (Å²) in [5.74, 6) is -0.759. The van der Waals surface area contributed by atoms with Crippen LogP contribution < -0.4 is 0 Å². The molecule has 0 bridgehead atoms. The third kappa shape index (κ3) is 2.50. The molecule has 0 saturated heterocycles. The van der Waals surface area contributed by atoms with E-state index in [0.717, 1.165) is 18.4 Å². The molecular weight excluding hydrogens is 216 g/mol. The monoisotopic (exact) mass is 234 g/mol. The van der Waals surface area contributed by atoms with E-state index in [0.29, 0.717) is 19.3 Å². The summed E-state index contributed by atoms with van der Waals surface area (Å²) < 4.78 is 0. The molecule has 1 saturated carbocycles. The SMILES string of the molecule is O=C(O)C1(CC(O)c2ccccc2)CCCC1. The summed E-state index contributed by atoms with van der Waals surface area (Å²) in [5.41, 5.74) is 0.0925. The molecule has 3 heteroatoms. The highest BCUT2D eigenvalue weighted by Gasteiger charge is 2.42. The van der Waals surface area contributed by atoms with E-state index >= 15 is 0 Å². The molecule has 1 atom stereocenters. The van der Waals surface area contributed by atoms with Gasteiger partial charge in [0.05, 0.1) is 11.5 Å². The van der Waals surface area contributed by atoms with Crippen molar-refractivity contribution in [1.29, 1.82) is 0 Å². The first-order valence-electron chi connectivity index (χ1n) is 6.10. The van der Waals surface area contributed by atoms with Gasteiger partial charge in [-0.2, -0.15) is 0 Å². The van der Waals surface area contributed by atoms with Crippen LogP contribution in [-0.4, -0.2) is 16.2 Å². The molecule has 0 aliphatic heterocycles. The van der Waals surface area contributed by atoms with Crippen LogP contribution >= 0.6 is 0 Å². The predicted molar refractivity (Wildman–Crippen MR) is 64.6 cm³/mol. The number of aliphatic carboxylic acids is 1. The van der Waals surface area contributed by atoms with Crippen molar-refractivity contribution < 1.29 is 15.0 Å². The van der Waals surface area contributed by atoms with Crippen molar-refractivity contribution in [3.05, 3.63) is 35.9 Å². The fourth-order valence-electron chi connectivity index (χ4n) is 2.72. The summed E-state index contributed by atoms with van der Waals surface area (Å²) in [6, 6.07) is 9.30. The van der Waals surface area contributed by atoms with Gasteiger partial charge in [0, 0.05) is 0 Å². The Hall–Kier alpha value is -1.35. The van der Waals surface area contributed by atoms with Crippen molar-refractivity contribution >= 4 is 5.97 Å². The van der Waals surface area contributed by atoms with Crippen molar-refractivity contribution in [1.82, 2.24) is 0 Å². The lowest BCUT2D eigenvalue weighted by Gasteiger charge is -2.26. The zero-order valence-corrected chi connectivity index (χ0v) is 9.80. The average Bonchev–Trinajstić information content (AvgIpc) is 2.80. The average molecular weight is 234 g/mol. The van der Waals surface area contributed by atoms with Crippen molar-refractivity contribution in [2.24, 2.45) is 5.41 Å². The van der Waals surface area contributed by atoms with Gasteiger partial charge in [-0.1, -0.05) is 43.2 Å². The molecule has 17 heavy (non-hydrogen) atoms. The van der Waals surface area contributed by atoms with Gasteiger partial charge in [-0.05, 0) is 24.8 Å². The zero-order valence-electron chi connectivity index (χ0n) is 9.80. The number of aliphatic hydroxyl groups excluding tert-OH is 1. The minimum atomic E-state index is -0.759. The number of hydrogen-bond acceptors (Lipinski definition) is 2. The molecule has 1 fully saturated rings. The molecular formula is C14H18O3. The standard InChI is InChI=1S/C14H18O3/c15-12(11-6-2-1-3-7-11)10-14(13(16)17)8-4-5-9-14/h1-3,6-7,12,15H,4-5,8-10H2,(H,16,17). The minimum Gasteiger partial charge on any atom is -0.481 e. The van der Waals surface area contributed by atoms with Crippen LogP contribution in [0.2, 0.25) is 0 Å². The summed E-state index contributed by atoms with van der Waals surface area (Å²) in [6.07, 6.45) is 2.93. The lowest BCUT2D eigenvalue weighted by atomic mass is 9.79. The Morgan fingerprint density at radius 2 is 1.82 bits per heavy atom. The topological polar surface area (TPSA) is 57.5 Å². The van der Waals surface area contributed by atoms with Gasteiger partial charge in [-0.15, -0.1) is 0 Å². The highest BCUT2D eigenvalue weighted by Crippen LogP contribution is 2.44. The Bertz CT molecular complexity index is 380. The van der Waals surface area contributed by atoms with Gasteiger partial charge in [0.15, 0.2) is 0 Å². The van der Waals surface area contributed by atoms with Gasteiger partial charge < -0.3 is 10.2 Å². The van der Waals surface area contributed by atoms with Gasteiger partial charge >= 0.3 is 5.97 Å². The lowest BCUT2D eigenvalue weighted by Crippen LogP contribution is -2.29. The maximum Gasteiger partial charge on any atom is 0.309 e. The van der Waals surface area contributed by atoms with E-state index in [2.05, 4.69) is 0 Å². The van der Waals surface area contributed by atoms with Gasteiger partial charge in [0.1, 0.15) is 0 Å². The van der Waals surface area contributed by atoms with Crippen molar-refractivity contribution in [2.45, 2.75) is 38.2 Å². The number of carboxylic acids is 1. The summed E-state index contributed by atoms with van der Waals surface area (Å²) in [6.45, 7) is 0. The maximum atomic E-state index is 11.4. The predicted octanol–water partition coefficient (Wildman–Crippen LogP) is 2.76. The molecule has 0 aromatic heterocycles. The zero-order chi connectivity index (χ0) is 12.3. The van der Waals surface area contributed by atoms with Crippen LogP contribution in [0, 0.1) is 5.41 Å². The second kappa shape index (κ2) is 4.88. The number of carbonyl (C=O) groups is 1. The molecule has 1 aromatic carbocycles. The Balaban J connectivity index is 2.11. The molecule has 92 valence electrons. The summed E-state index contributed by atoms with van der Waals surface area (Å²) >= 11 is 0. The Morgan fingerprint density at radius 3 is 2.35 bits per heavy atom. The van der Waals surface area contributed by atoms with E-state index in [1.165, 1.54) is 0 Å². The van der Waals surface area contributed by atoms with E-state index in [4.69, 9.17) is 0 Å².